The van der Waals surface area contributed by atoms with E-state index in [-0.39, 0.29) is 45.6 Å². The molecule has 0 fully saturated rings. The smallest absolute Gasteiger partial charge is 0.312 e. The number of phenolic OH excluding ortho intramolecular Hbond substituents is 3. The molecule has 1 atom stereocenters. The molecule has 0 saturated carbocycles. The molecule has 184 valence electrons. The Labute approximate surface area is 205 Å². The largest absolute Gasteiger partial charge is 0.507 e. The summed E-state index contributed by atoms with van der Waals surface area (Å²) in [6.45, 7) is 0. The summed E-state index contributed by atoms with van der Waals surface area (Å²) in [4.78, 5) is 39.0. The first-order valence-corrected chi connectivity index (χ1v) is 11.0. The molecule has 3 aromatic carbocycles. The molecule has 37 heavy (non-hydrogen) atoms. The number of carbonyl (C=O) groups excluding carboxylic acids is 1. The third kappa shape index (κ3) is 3.30. The SMILES string of the molecule is O=C1CC(c2coc3ccccc3c2=O)c2c(cc(O)c3c(=O)c(O)c(-c4ccc(O)c(O)c4)oc23)O1. The van der Waals surface area contributed by atoms with E-state index >= 15 is 0 Å². The van der Waals surface area contributed by atoms with Crippen LogP contribution in [0.3, 0.4) is 0 Å². The van der Waals surface area contributed by atoms with Crippen molar-refractivity contribution in [3.8, 4) is 40.1 Å². The number of para-hydroxylation sites is 1. The molecule has 4 N–H and O–H groups in total. The second-order valence-corrected chi connectivity index (χ2v) is 8.57. The van der Waals surface area contributed by atoms with Crippen LogP contribution >= 0.6 is 0 Å². The Morgan fingerprint density at radius 3 is 2.41 bits per heavy atom. The molecule has 0 spiro atoms. The van der Waals surface area contributed by atoms with Crippen LogP contribution in [0.1, 0.15) is 23.5 Å². The van der Waals surface area contributed by atoms with E-state index in [1.165, 1.54) is 12.3 Å². The number of hydrogen-bond acceptors (Lipinski definition) is 10. The van der Waals surface area contributed by atoms with Crippen molar-refractivity contribution in [3.63, 3.8) is 0 Å². The summed E-state index contributed by atoms with van der Waals surface area (Å²) >= 11 is 0. The predicted octanol–water partition coefficient (Wildman–Crippen LogP) is 3.83. The standard InChI is InChI=1S/C27H16O10/c28-15-6-5-11(7-16(15)29)26-25(34)24(33)22-17(30)9-19-21(27(22)37-26)13(8-20(31)36-19)14-10-35-18-4-2-1-3-12(18)23(14)32/h1-7,9-10,13,28-30,34H,8H2. The van der Waals surface area contributed by atoms with Crippen LogP contribution in [0.4, 0.5) is 0 Å². The van der Waals surface area contributed by atoms with Crippen molar-refractivity contribution >= 4 is 27.9 Å². The summed E-state index contributed by atoms with van der Waals surface area (Å²) in [5, 5.41) is 40.7. The second kappa shape index (κ2) is 7.89. The van der Waals surface area contributed by atoms with Gasteiger partial charge in [0.25, 0.3) is 0 Å². The van der Waals surface area contributed by atoms with E-state index in [1.54, 1.807) is 24.3 Å². The van der Waals surface area contributed by atoms with E-state index in [0.29, 0.717) is 5.58 Å². The minimum absolute atomic E-state index is 0.0402. The molecule has 3 heterocycles. The van der Waals surface area contributed by atoms with Gasteiger partial charge < -0.3 is 34.0 Å². The maximum Gasteiger partial charge on any atom is 0.312 e. The second-order valence-electron chi connectivity index (χ2n) is 8.57. The van der Waals surface area contributed by atoms with Crippen LogP contribution in [0, 0.1) is 0 Å². The Morgan fingerprint density at radius 2 is 1.62 bits per heavy atom. The Kier molecular flexibility index (Phi) is 4.74. The summed E-state index contributed by atoms with van der Waals surface area (Å²) < 4.78 is 16.9. The van der Waals surface area contributed by atoms with E-state index in [1.807, 2.05) is 0 Å². The Morgan fingerprint density at radius 1 is 0.838 bits per heavy atom. The molecule has 0 bridgehead atoms. The van der Waals surface area contributed by atoms with Crippen molar-refractivity contribution in [3.05, 3.63) is 86.4 Å². The summed E-state index contributed by atoms with van der Waals surface area (Å²) in [6.07, 6.45) is 0.934. The van der Waals surface area contributed by atoms with E-state index in [0.717, 1.165) is 18.2 Å². The third-order valence-corrected chi connectivity index (χ3v) is 6.39. The van der Waals surface area contributed by atoms with E-state index in [9.17, 15) is 34.8 Å². The lowest BCUT2D eigenvalue weighted by Crippen LogP contribution is -2.25. The molecule has 0 amide bonds. The van der Waals surface area contributed by atoms with E-state index in [4.69, 9.17) is 13.6 Å². The highest BCUT2D eigenvalue weighted by molar-refractivity contribution is 5.94. The van der Waals surface area contributed by atoms with Crippen LogP contribution in [0.5, 0.6) is 28.7 Å². The molecular weight excluding hydrogens is 484 g/mol. The van der Waals surface area contributed by atoms with Gasteiger partial charge in [0.05, 0.1) is 18.1 Å². The first-order valence-electron chi connectivity index (χ1n) is 11.0. The minimum Gasteiger partial charge on any atom is -0.507 e. The van der Waals surface area contributed by atoms with Crippen molar-refractivity contribution in [2.24, 2.45) is 0 Å². The van der Waals surface area contributed by atoms with E-state index < -0.39 is 51.1 Å². The van der Waals surface area contributed by atoms with Crippen LogP contribution in [0.25, 0.3) is 33.3 Å². The van der Waals surface area contributed by atoms with Gasteiger partial charge in [-0.3, -0.25) is 14.4 Å². The zero-order valence-corrected chi connectivity index (χ0v) is 18.7. The van der Waals surface area contributed by atoms with Crippen LogP contribution < -0.4 is 15.6 Å². The van der Waals surface area contributed by atoms with Crippen LogP contribution in [0.15, 0.2) is 73.2 Å². The Bertz CT molecular complexity index is 1900. The van der Waals surface area contributed by atoms with Crippen molar-refractivity contribution in [1.82, 2.24) is 0 Å². The number of ether oxygens (including phenoxy) is 1. The summed E-state index contributed by atoms with van der Waals surface area (Å²) in [7, 11) is 0. The number of carbonyl (C=O) groups is 1. The van der Waals surface area contributed by atoms with Gasteiger partial charge in [0.1, 0.15) is 28.1 Å². The van der Waals surface area contributed by atoms with Gasteiger partial charge in [0.15, 0.2) is 22.7 Å². The first kappa shape index (κ1) is 22.2. The van der Waals surface area contributed by atoms with Gasteiger partial charge in [-0.1, -0.05) is 12.1 Å². The predicted molar refractivity (Wildman–Crippen MR) is 129 cm³/mol. The highest BCUT2D eigenvalue weighted by atomic mass is 16.5. The van der Waals surface area contributed by atoms with Gasteiger partial charge in [-0.2, -0.15) is 0 Å². The molecule has 1 aliphatic heterocycles. The van der Waals surface area contributed by atoms with Gasteiger partial charge >= 0.3 is 5.97 Å². The topological polar surface area (TPSA) is 168 Å². The number of aromatic hydroxyl groups is 4. The van der Waals surface area contributed by atoms with Crippen LogP contribution in [-0.2, 0) is 4.79 Å². The van der Waals surface area contributed by atoms with Crippen LogP contribution in [0.2, 0.25) is 0 Å². The molecule has 10 heteroatoms. The molecule has 5 aromatic rings. The zero-order valence-electron chi connectivity index (χ0n) is 18.7. The lowest BCUT2D eigenvalue weighted by Gasteiger charge is -2.25. The molecular formula is C27H16O10. The maximum absolute atomic E-state index is 13.4. The van der Waals surface area contributed by atoms with Gasteiger partial charge in [0, 0.05) is 28.7 Å². The summed E-state index contributed by atoms with van der Waals surface area (Å²) in [5.74, 6) is -4.61. The van der Waals surface area contributed by atoms with Gasteiger partial charge in [0.2, 0.25) is 11.2 Å². The normalized spacial score (nSPS) is 15.0. The Hall–Kier alpha value is -5.25. The number of esters is 1. The molecule has 1 unspecified atom stereocenters. The molecule has 2 aromatic heterocycles. The fourth-order valence-corrected chi connectivity index (χ4v) is 4.64. The monoisotopic (exact) mass is 500 g/mol. The molecule has 0 saturated heterocycles. The van der Waals surface area contributed by atoms with E-state index in [2.05, 4.69) is 0 Å². The van der Waals surface area contributed by atoms with Gasteiger partial charge in [-0.05, 0) is 30.3 Å². The lowest BCUT2D eigenvalue weighted by atomic mass is 9.85. The molecule has 1 aliphatic rings. The van der Waals surface area contributed by atoms with Crippen molar-refractivity contribution in [1.29, 1.82) is 0 Å². The fourth-order valence-electron chi connectivity index (χ4n) is 4.64. The molecule has 6 rings (SSSR count). The maximum atomic E-state index is 13.4. The van der Waals surface area contributed by atoms with Crippen molar-refractivity contribution in [2.75, 3.05) is 0 Å². The number of phenols is 3. The zero-order chi connectivity index (χ0) is 26.0. The molecule has 0 radical (unpaired) electrons. The van der Waals surface area contributed by atoms with Crippen molar-refractivity contribution < 1.29 is 38.8 Å². The Balaban J connectivity index is 1.69. The summed E-state index contributed by atoms with van der Waals surface area (Å²) in [6, 6.07) is 11.1. The van der Waals surface area contributed by atoms with Gasteiger partial charge in [-0.15, -0.1) is 0 Å². The lowest BCUT2D eigenvalue weighted by molar-refractivity contribution is -0.135. The number of fused-ring (bicyclic) bond motifs is 4. The fraction of sp³-hybridized carbons (Fsp3) is 0.0741. The average Bonchev–Trinajstić information content (AvgIpc) is 2.87. The van der Waals surface area contributed by atoms with Gasteiger partial charge in [-0.25, -0.2) is 0 Å². The number of rotatable bonds is 2. The van der Waals surface area contributed by atoms with Crippen LogP contribution in [-0.4, -0.2) is 26.4 Å². The number of hydrogen-bond donors (Lipinski definition) is 4. The third-order valence-electron chi connectivity index (χ3n) is 6.39. The summed E-state index contributed by atoms with van der Waals surface area (Å²) in [5.41, 5.74) is -1.02. The number of benzene rings is 3. The highest BCUT2D eigenvalue weighted by Crippen LogP contribution is 2.47. The average molecular weight is 500 g/mol. The quantitative estimate of drug-likeness (QED) is 0.159. The van der Waals surface area contributed by atoms with Crippen molar-refractivity contribution in [2.45, 2.75) is 12.3 Å². The highest BCUT2D eigenvalue weighted by Gasteiger charge is 2.36. The first-order chi connectivity index (χ1) is 17.7. The molecule has 0 aliphatic carbocycles. The minimum atomic E-state index is -0.995. The molecule has 10 nitrogen and oxygen atoms in total.